The highest BCUT2D eigenvalue weighted by Crippen LogP contribution is 2.14. The van der Waals surface area contributed by atoms with E-state index in [0.717, 1.165) is 10.8 Å². The van der Waals surface area contributed by atoms with Crippen LogP contribution in [0.5, 0.6) is 0 Å². The number of nitrogens with one attached hydrogen (secondary N) is 2. The van der Waals surface area contributed by atoms with E-state index in [4.69, 9.17) is 11.6 Å². The molecule has 7 heteroatoms. The summed E-state index contributed by atoms with van der Waals surface area (Å²) in [7, 11) is 0. The molecule has 0 aliphatic heterocycles. The van der Waals surface area contributed by atoms with Crippen LogP contribution < -0.4 is 11.1 Å². The van der Waals surface area contributed by atoms with E-state index in [2.05, 4.69) is 20.4 Å². The molecule has 2 aromatic carbocycles. The highest BCUT2D eigenvalue weighted by molar-refractivity contribution is 6.31. The highest BCUT2D eigenvalue weighted by atomic mass is 35.5. The minimum absolute atomic E-state index is 0.136. The van der Waals surface area contributed by atoms with E-state index in [9.17, 15) is 9.59 Å². The Hall–Kier alpha value is -2.99. The molecule has 2 aromatic heterocycles. The summed E-state index contributed by atoms with van der Waals surface area (Å²) in [5.41, 5.74) is -0.327. The smallest absolute Gasteiger partial charge is 0.267 e. The minimum atomic E-state index is -0.191. The molecule has 0 bridgehead atoms. The lowest BCUT2D eigenvalue weighted by Gasteiger charge is -1.94. The number of benzene rings is 2. The predicted octanol–water partition coefficient (Wildman–Crippen LogP) is 2.50. The van der Waals surface area contributed by atoms with Crippen molar-refractivity contribution < 1.29 is 0 Å². The molecule has 0 fully saturated rings. The number of nitrogens with zero attached hydrogens (tertiary/aromatic N) is 2. The van der Waals surface area contributed by atoms with Gasteiger partial charge < -0.3 is 0 Å². The second kappa shape index (κ2) is 6.41. The summed E-state index contributed by atoms with van der Waals surface area (Å²) in [5.74, 6) is 0. The van der Waals surface area contributed by atoms with E-state index in [1.807, 2.05) is 18.2 Å². The van der Waals surface area contributed by atoms with Gasteiger partial charge in [0, 0.05) is 21.2 Å². The van der Waals surface area contributed by atoms with Crippen molar-refractivity contribution in [2.24, 2.45) is 0 Å². The van der Waals surface area contributed by atoms with Gasteiger partial charge >= 0.3 is 0 Å². The van der Waals surface area contributed by atoms with Crippen molar-refractivity contribution in [3.05, 3.63) is 80.6 Å². The largest absolute Gasteiger partial charge is 0.272 e. The third kappa shape index (κ3) is 3.27. The van der Waals surface area contributed by atoms with Crippen molar-refractivity contribution in [1.82, 2.24) is 20.4 Å². The zero-order valence-electron chi connectivity index (χ0n) is 11.8. The molecule has 0 aliphatic rings. The van der Waals surface area contributed by atoms with Crippen molar-refractivity contribution in [3.63, 3.8) is 0 Å². The Balaban J connectivity index is 0.000000136. The SMILES string of the molecule is O=c1[nH]ncc2cc(Cl)ccc12.O=c1[nH]ncc2ccccc12. The molecule has 0 aliphatic carbocycles. The number of fused-ring (bicyclic) bond motifs is 2. The quantitative estimate of drug-likeness (QED) is 0.519. The fraction of sp³-hybridized carbons (Fsp3) is 0. The zero-order chi connectivity index (χ0) is 16.2. The molecule has 4 aromatic rings. The van der Waals surface area contributed by atoms with Gasteiger partial charge in [0.25, 0.3) is 11.1 Å². The Labute approximate surface area is 134 Å². The van der Waals surface area contributed by atoms with Crippen LogP contribution >= 0.6 is 11.6 Å². The van der Waals surface area contributed by atoms with Crippen LogP contribution in [0.4, 0.5) is 0 Å². The molecular weight excluding hydrogens is 316 g/mol. The summed E-state index contributed by atoms with van der Waals surface area (Å²) >= 11 is 5.73. The summed E-state index contributed by atoms with van der Waals surface area (Å²) in [5, 5.41) is 15.6. The van der Waals surface area contributed by atoms with Crippen LogP contribution in [-0.4, -0.2) is 20.4 Å². The Morgan fingerprint density at radius 2 is 1.39 bits per heavy atom. The number of aromatic nitrogens is 4. The molecule has 2 N–H and O–H groups in total. The van der Waals surface area contributed by atoms with Gasteiger partial charge in [-0.1, -0.05) is 29.8 Å². The number of hydrogen-bond donors (Lipinski definition) is 2. The average molecular weight is 327 g/mol. The van der Waals surface area contributed by atoms with Gasteiger partial charge in [-0.15, -0.1) is 0 Å². The third-order valence-corrected chi connectivity index (χ3v) is 3.44. The minimum Gasteiger partial charge on any atom is -0.267 e. The number of rotatable bonds is 0. The van der Waals surface area contributed by atoms with Crippen LogP contribution in [0.2, 0.25) is 5.02 Å². The van der Waals surface area contributed by atoms with Gasteiger partial charge in [-0.05, 0) is 24.3 Å². The molecule has 0 amide bonds. The van der Waals surface area contributed by atoms with Crippen LogP contribution in [0, 0.1) is 0 Å². The second-order valence-electron chi connectivity index (χ2n) is 4.72. The fourth-order valence-corrected chi connectivity index (χ4v) is 2.29. The Kier molecular flexibility index (Phi) is 4.16. The van der Waals surface area contributed by atoms with E-state index in [0.29, 0.717) is 15.8 Å². The zero-order valence-corrected chi connectivity index (χ0v) is 12.5. The van der Waals surface area contributed by atoms with Gasteiger partial charge in [0.1, 0.15) is 0 Å². The standard InChI is InChI=1S/C8H5ClN2O.C8H6N2O/c9-6-1-2-7-5(3-6)4-10-11-8(7)12;11-8-7-4-2-1-3-6(7)5-9-10-8/h1-4H,(H,11,12);1-5H,(H,10,11). The first kappa shape index (κ1) is 14.9. The van der Waals surface area contributed by atoms with E-state index in [-0.39, 0.29) is 11.1 Å². The van der Waals surface area contributed by atoms with E-state index < -0.39 is 0 Å². The molecule has 6 nitrogen and oxygen atoms in total. The molecule has 0 saturated carbocycles. The topological polar surface area (TPSA) is 91.5 Å². The van der Waals surface area contributed by atoms with E-state index >= 15 is 0 Å². The van der Waals surface area contributed by atoms with Crippen molar-refractivity contribution in [2.45, 2.75) is 0 Å². The number of aromatic amines is 2. The maximum absolute atomic E-state index is 11.1. The number of hydrogen-bond acceptors (Lipinski definition) is 4. The van der Waals surface area contributed by atoms with Gasteiger partial charge in [-0.2, -0.15) is 10.2 Å². The molecule has 0 radical (unpaired) electrons. The first-order valence-electron chi connectivity index (χ1n) is 6.70. The summed E-state index contributed by atoms with van der Waals surface area (Å²) in [6.45, 7) is 0. The molecule has 4 rings (SSSR count). The molecule has 2 heterocycles. The van der Waals surface area contributed by atoms with Crippen molar-refractivity contribution in [2.75, 3.05) is 0 Å². The van der Waals surface area contributed by atoms with Gasteiger partial charge in [-0.3, -0.25) is 9.59 Å². The number of halogens is 1. The third-order valence-electron chi connectivity index (χ3n) is 3.20. The Morgan fingerprint density at radius 3 is 2.09 bits per heavy atom. The fourth-order valence-electron chi connectivity index (χ4n) is 2.10. The van der Waals surface area contributed by atoms with E-state index in [1.54, 1.807) is 36.7 Å². The van der Waals surface area contributed by atoms with Crippen LogP contribution in [-0.2, 0) is 0 Å². The molecule has 23 heavy (non-hydrogen) atoms. The Bertz CT molecular complexity index is 1080. The summed E-state index contributed by atoms with van der Waals surface area (Å²) < 4.78 is 0. The van der Waals surface area contributed by atoms with E-state index in [1.165, 1.54) is 0 Å². The lowest BCUT2D eigenvalue weighted by atomic mass is 10.2. The van der Waals surface area contributed by atoms with Crippen molar-refractivity contribution >= 4 is 33.1 Å². The summed E-state index contributed by atoms with van der Waals surface area (Å²) in [6, 6.07) is 12.4. The molecule has 0 unspecified atom stereocenters. The van der Waals surface area contributed by atoms with Crippen LogP contribution in [0.1, 0.15) is 0 Å². The maximum Gasteiger partial charge on any atom is 0.272 e. The molecule has 0 saturated heterocycles. The molecular formula is C16H11ClN4O2. The van der Waals surface area contributed by atoms with Gasteiger partial charge in [-0.25, -0.2) is 10.2 Å². The first-order valence-corrected chi connectivity index (χ1v) is 7.08. The normalized spacial score (nSPS) is 10.3. The van der Waals surface area contributed by atoms with Crippen LogP contribution in [0.15, 0.2) is 64.4 Å². The molecule has 114 valence electrons. The Morgan fingerprint density at radius 1 is 0.783 bits per heavy atom. The van der Waals surface area contributed by atoms with Crippen LogP contribution in [0.25, 0.3) is 21.5 Å². The summed E-state index contributed by atoms with van der Waals surface area (Å²) in [4.78, 5) is 22.2. The monoisotopic (exact) mass is 326 g/mol. The first-order chi connectivity index (χ1) is 11.1. The summed E-state index contributed by atoms with van der Waals surface area (Å²) in [6.07, 6.45) is 3.21. The lowest BCUT2D eigenvalue weighted by Crippen LogP contribution is -2.06. The van der Waals surface area contributed by atoms with Gasteiger partial charge in [0.2, 0.25) is 0 Å². The van der Waals surface area contributed by atoms with Gasteiger partial charge in [0.15, 0.2) is 0 Å². The number of H-pyrrole nitrogens is 2. The second-order valence-corrected chi connectivity index (χ2v) is 5.15. The van der Waals surface area contributed by atoms with Crippen molar-refractivity contribution in [3.8, 4) is 0 Å². The predicted molar refractivity (Wildman–Crippen MR) is 89.7 cm³/mol. The molecule has 0 spiro atoms. The van der Waals surface area contributed by atoms with Gasteiger partial charge in [0.05, 0.1) is 17.8 Å². The highest BCUT2D eigenvalue weighted by Gasteiger charge is 1.97. The molecule has 0 atom stereocenters. The lowest BCUT2D eigenvalue weighted by molar-refractivity contribution is 1.01. The maximum atomic E-state index is 11.1. The average Bonchev–Trinajstić information content (AvgIpc) is 2.56. The van der Waals surface area contributed by atoms with Crippen LogP contribution in [0.3, 0.4) is 0 Å². The van der Waals surface area contributed by atoms with Crippen molar-refractivity contribution in [1.29, 1.82) is 0 Å².